The van der Waals surface area contributed by atoms with Gasteiger partial charge in [0.1, 0.15) is 44.5 Å². The van der Waals surface area contributed by atoms with Crippen molar-refractivity contribution < 1.29 is 47.5 Å². The molecule has 4 aromatic rings. The van der Waals surface area contributed by atoms with E-state index < -0.39 is 52.7 Å². The minimum absolute atomic E-state index is 0.110. The number of alkyl halides is 3. The number of carbonyl (C=O) groups is 3. The summed E-state index contributed by atoms with van der Waals surface area (Å²) in [5.74, 6) is 1.25. The highest BCUT2D eigenvalue weighted by atomic mass is 35.6. The van der Waals surface area contributed by atoms with Gasteiger partial charge in [-0.05, 0) is 48.6 Å². The lowest BCUT2D eigenvalue weighted by Gasteiger charge is -2.56. The van der Waals surface area contributed by atoms with E-state index in [4.69, 9.17) is 68.0 Å². The molecule has 3 aliphatic rings. The van der Waals surface area contributed by atoms with Crippen molar-refractivity contribution in [1.82, 2.24) is 9.80 Å². The van der Waals surface area contributed by atoms with Crippen LogP contribution in [-0.2, 0) is 38.7 Å². The first-order valence-corrected chi connectivity index (χ1v) is 20.2. The maximum atomic E-state index is 14.4. The Balaban J connectivity index is 1.42. The summed E-state index contributed by atoms with van der Waals surface area (Å²) in [7, 11) is 1.51. The van der Waals surface area contributed by atoms with E-state index >= 15 is 0 Å². The van der Waals surface area contributed by atoms with E-state index in [1.165, 1.54) is 18.9 Å². The second-order valence-corrected chi connectivity index (χ2v) is 17.1. The molecule has 0 radical (unpaired) electrons. The summed E-state index contributed by atoms with van der Waals surface area (Å²) in [6.45, 7) is 4.23. The first-order valence-electron chi connectivity index (χ1n) is 19.1. The van der Waals surface area contributed by atoms with Gasteiger partial charge >= 0.3 is 12.1 Å². The molecule has 0 saturated carbocycles. The molecule has 314 valence electrons. The molecule has 0 aromatic heterocycles. The Morgan fingerprint density at radius 2 is 1.60 bits per heavy atom. The number of amides is 1. The fraction of sp³-hybridized carbons (Fsp3) is 0.364. The van der Waals surface area contributed by atoms with E-state index in [0.717, 1.165) is 22.3 Å². The predicted molar refractivity (Wildman–Crippen MR) is 221 cm³/mol. The maximum Gasteiger partial charge on any atom is 0.410 e. The average molecular weight is 879 g/mol. The van der Waals surface area contributed by atoms with Crippen LogP contribution in [0.1, 0.15) is 58.0 Å². The summed E-state index contributed by atoms with van der Waals surface area (Å²) < 4.78 is 40.3. The van der Waals surface area contributed by atoms with Crippen LogP contribution < -0.4 is 23.7 Å². The van der Waals surface area contributed by atoms with Crippen molar-refractivity contribution in [1.29, 1.82) is 5.26 Å². The molecule has 16 heteroatoms. The number of halogens is 3. The van der Waals surface area contributed by atoms with Crippen LogP contribution in [0.25, 0.3) is 0 Å². The van der Waals surface area contributed by atoms with Gasteiger partial charge < -0.3 is 38.0 Å². The number of piperazine rings is 1. The third-order valence-electron chi connectivity index (χ3n) is 10.8. The quantitative estimate of drug-likeness (QED) is 0.0728. The van der Waals surface area contributed by atoms with E-state index in [-0.39, 0.29) is 33.0 Å². The van der Waals surface area contributed by atoms with Gasteiger partial charge in [0.05, 0.1) is 37.3 Å². The standard InChI is InChI=1S/C44H42Cl3N3O10/c1-25-15-30-16-32-33(18-48)49(35(22-55-27(3)52)31-17-36(26(2)40-41(31)60-24-59-40)56-20-28-11-7-5-8-12-28)34(19-51)38(50(32)43(53)58-23-44(45,46)47)37(30)42(39(25)54-4)57-21-29-13-9-6-10-14-29/h5-15,17,19,32-35,38H,16,20-24H2,1-4H3/t32-,33-,34-,35-,38-/m0/s1. The molecule has 4 aromatic carbocycles. The number of nitriles is 1. The molecule has 1 fully saturated rings. The number of carbonyl (C=O) groups excluding carboxylic acids is 3. The maximum absolute atomic E-state index is 14.4. The smallest absolute Gasteiger partial charge is 0.410 e. The molecular formula is C44H42Cl3N3O10. The first-order chi connectivity index (χ1) is 28.8. The van der Waals surface area contributed by atoms with Crippen molar-refractivity contribution in [3.05, 3.63) is 112 Å². The summed E-state index contributed by atoms with van der Waals surface area (Å²) in [6, 6.07) is 19.4. The van der Waals surface area contributed by atoms with E-state index in [9.17, 15) is 19.6 Å². The third-order valence-corrected chi connectivity index (χ3v) is 11.2. The molecule has 1 saturated heterocycles. The van der Waals surface area contributed by atoms with E-state index in [2.05, 4.69) is 6.07 Å². The number of methoxy groups -OCH3 is 1. The van der Waals surface area contributed by atoms with Crippen molar-refractivity contribution in [2.75, 3.05) is 27.1 Å². The van der Waals surface area contributed by atoms with Gasteiger partial charge in [-0.25, -0.2) is 4.79 Å². The van der Waals surface area contributed by atoms with E-state index in [1.54, 1.807) is 11.0 Å². The number of hydrogen-bond donors (Lipinski definition) is 0. The first kappa shape index (κ1) is 42.7. The van der Waals surface area contributed by atoms with Gasteiger partial charge in [0.15, 0.2) is 23.0 Å². The lowest BCUT2D eigenvalue weighted by Crippen LogP contribution is -2.69. The Morgan fingerprint density at radius 1 is 0.950 bits per heavy atom. The van der Waals surface area contributed by atoms with Crippen molar-refractivity contribution >= 4 is 53.2 Å². The minimum atomic E-state index is -1.96. The zero-order chi connectivity index (χ0) is 42.7. The van der Waals surface area contributed by atoms with Crippen molar-refractivity contribution in [2.45, 2.75) is 74.4 Å². The number of aldehydes is 1. The molecule has 3 heterocycles. The van der Waals surface area contributed by atoms with Crippen LogP contribution in [0.3, 0.4) is 0 Å². The Morgan fingerprint density at radius 3 is 2.20 bits per heavy atom. The summed E-state index contributed by atoms with van der Waals surface area (Å²) in [5.41, 5.74) is 4.78. The molecule has 13 nitrogen and oxygen atoms in total. The van der Waals surface area contributed by atoms with Crippen molar-refractivity contribution in [3.8, 4) is 34.8 Å². The van der Waals surface area contributed by atoms with E-state index in [1.807, 2.05) is 80.6 Å². The van der Waals surface area contributed by atoms with Crippen molar-refractivity contribution in [2.24, 2.45) is 0 Å². The molecule has 5 atom stereocenters. The van der Waals surface area contributed by atoms with Gasteiger partial charge in [0.2, 0.25) is 10.6 Å². The summed E-state index contributed by atoms with van der Waals surface area (Å²) in [5, 5.41) is 11.2. The fourth-order valence-corrected chi connectivity index (χ4v) is 8.48. The highest BCUT2D eigenvalue weighted by molar-refractivity contribution is 6.67. The molecule has 0 spiro atoms. The summed E-state index contributed by atoms with van der Waals surface area (Å²) >= 11 is 18.1. The average Bonchev–Trinajstić information content (AvgIpc) is 3.73. The Hall–Kier alpha value is -5.39. The third kappa shape index (κ3) is 8.61. The van der Waals surface area contributed by atoms with Crippen molar-refractivity contribution in [3.63, 3.8) is 0 Å². The lowest BCUT2D eigenvalue weighted by atomic mass is 9.76. The van der Waals surface area contributed by atoms with Crippen LogP contribution in [0, 0.1) is 25.2 Å². The van der Waals surface area contributed by atoms with Gasteiger partial charge in [0.25, 0.3) is 0 Å². The molecule has 0 unspecified atom stereocenters. The lowest BCUT2D eigenvalue weighted by molar-refractivity contribution is -0.146. The minimum Gasteiger partial charge on any atom is -0.493 e. The Kier molecular flexibility index (Phi) is 12.9. The molecule has 0 aliphatic carbocycles. The highest BCUT2D eigenvalue weighted by Crippen LogP contribution is 2.54. The van der Waals surface area contributed by atoms with Crippen LogP contribution in [0.15, 0.2) is 72.8 Å². The Labute approximate surface area is 362 Å². The van der Waals surface area contributed by atoms with Gasteiger partial charge in [0, 0.05) is 23.6 Å². The van der Waals surface area contributed by atoms with Gasteiger partial charge in [-0.2, -0.15) is 5.26 Å². The number of fused-ring (bicyclic) bond motifs is 5. The van der Waals surface area contributed by atoms with Crippen LogP contribution in [0.4, 0.5) is 4.79 Å². The SMILES string of the molecule is COc1c(C)cc2c(c1OCc1ccccc1)[C@@H]1[C@H](C=O)N([C@@H](COC(C)=O)c3cc(OCc4ccccc4)c(C)c4c3OCO4)[C@@H](C#N)[C@H](C2)N1C(=O)OCC(Cl)(Cl)Cl. The topological polar surface area (TPSA) is 146 Å². The van der Waals surface area contributed by atoms with Crippen LogP contribution in [0.2, 0.25) is 0 Å². The number of hydrogen-bond acceptors (Lipinski definition) is 12. The van der Waals surface area contributed by atoms with Gasteiger partial charge in [-0.1, -0.05) is 102 Å². The molecular weight excluding hydrogens is 837 g/mol. The van der Waals surface area contributed by atoms with Gasteiger partial charge in [-0.3, -0.25) is 14.6 Å². The van der Waals surface area contributed by atoms with E-state index in [0.29, 0.717) is 51.7 Å². The normalized spacial score (nSPS) is 19.7. The number of aryl methyl sites for hydroxylation is 1. The second kappa shape index (κ2) is 18.1. The Bertz CT molecular complexity index is 2290. The molecule has 2 bridgehead atoms. The number of esters is 1. The summed E-state index contributed by atoms with van der Waals surface area (Å²) in [4.78, 5) is 43.9. The van der Waals surface area contributed by atoms with Crippen LogP contribution >= 0.6 is 34.8 Å². The molecule has 3 aliphatic heterocycles. The predicted octanol–water partition coefficient (Wildman–Crippen LogP) is 8.05. The molecule has 0 N–H and O–H groups in total. The monoisotopic (exact) mass is 877 g/mol. The number of benzene rings is 4. The number of nitrogens with zero attached hydrogens (tertiary/aromatic N) is 3. The number of ether oxygens (including phenoxy) is 7. The number of rotatable bonds is 13. The molecule has 7 rings (SSSR count). The van der Waals surface area contributed by atoms with Gasteiger partial charge in [-0.15, -0.1) is 0 Å². The molecule has 60 heavy (non-hydrogen) atoms. The highest BCUT2D eigenvalue weighted by Gasteiger charge is 2.58. The molecule has 1 amide bonds. The second-order valence-electron chi connectivity index (χ2n) is 14.6. The zero-order valence-corrected chi connectivity index (χ0v) is 35.5. The van der Waals surface area contributed by atoms with Crippen LogP contribution in [0.5, 0.6) is 28.7 Å². The largest absolute Gasteiger partial charge is 0.493 e. The van der Waals surface area contributed by atoms with Crippen LogP contribution in [-0.4, -0.2) is 77.2 Å². The fourth-order valence-electron chi connectivity index (χ4n) is 8.32. The zero-order valence-electron chi connectivity index (χ0n) is 33.2. The summed E-state index contributed by atoms with van der Waals surface area (Å²) in [6.07, 6.45) is -0.162.